The molecule has 1 saturated heterocycles. The molecular formula is C12H12N2O3S. The van der Waals surface area contributed by atoms with Gasteiger partial charge in [0.1, 0.15) is 5.03 Å². The summed E-state index contributed by atoms with van der Waals surface area (Å²) < 4.78 is 0. The maximum absolute atomic E-state index is 10.5. The molecule has 2 aromatic carbocycles. The molecule has 1 N–H and O–H groups in total. The fourth-order valence-corrected chi connectivity index (χ4v) is 2.40. The maximum atomic E-state index is 10.5. The summed E-state index contributed by atoms with van der Waals surface area (Å²) in [4.78, 5) is 20.1. The van der Waals surface area contributed by atoms with Crippen molar-refractivity contribution in [3.8, 4) is 0 Å². The summed E-state index contributed by atoms with van der Waals surface area (Å²) in [6, 6.07) is 7.45. The van der Waals surface area contributed by atoms with Crippen LogP contribution in [-0.2, 0) is 0 Å². The largest absolute Gasteiger partial charge is 0.375 e. The lowest BCUT2D eigenvalue weighted by Gasteiger charge is -2.12. The Balaban J connectivity index is 0.000000136. The summed E-state index contributed by atoms with van der Waals surface area (Å²) in [6.45, 7) is 0.854. The Kier molecular flexibility index (Phi) is 3.99. The smallest absolute Gasteiger partial charge is 0.263 e. The Bertz CT molecular complexity index is 560. The zero-order chi connectivity index (χ0) is 13.0. The second-order valence-electron chi connectivity index (χ2n) is 3.78. The van der Waals surface area contributed by atoms with Crippen molar-refractivity contribution in [3.63, 3.8) is 0 Å². The molecule has 2 aromatic rings. The highest BCUT2D eigenvalue weighted by atomic mass is 32.2. The Morgan fingerprint density at radius 3 is 2.44 bits per heavy atom. The number of benzene rings is 1. The van der Waals surface area contributed by atoms with Gasteiger partial charge >= 0.3 is 0 Å². The molecule has 18 heavy (non-hydrogen) atoms. The van der Waals surface area contributed by atoms with Gasteiger partial charge in [-0.15, -0.1) is 11.8 Å². The van der Waals surface area contributed by atoms with Gasteiger partial charge in [-0.05, 0) is 6.42 Å². The highest BCUT2D eigenvalue weighted by Gasteiger charge is 2.08. The molecule has 0 aliphatic carbocycles. The lowest BCUT2D eigenvalue weighted by Crippen LogP contribution is -2.19. The first kappa shape index (κ1) is 12.6. The van der Waals surface area contributed by atoms with Gasteiger partial charge in [0, 0.05) is 23.1 Å². The Hall–Kier alpha value is -1.82. The van der Waals surface area contributed by atoms with Crippen molar-refractivity contribution in [2.45, 2.75) is 6.42 Å². The normalized spacial score (nSPS) is 17.2. The number of hydrogen-bond acceptors (Lipinski definition) is 5. The van der Waals surface area contributed by atoms with E-state index < -0.39 is 4.92 Å². The fraction of sp³-hybridized carbons (Fsp3) is 0.250. The van der Waals surface area contributed by atoms with Crippen molar-refractivity contribution in [2.75, 3.05) is 12.3 Å². The molecule has 94 valence electrons. The molecule has 0 radical (unpaired) electrons. The second-order valence-corrected chi connectivity index (χ2v) is 4.92. The van der Waals surface area contributed by atoms with E-state index in [2.05, 4.69) is 5.32 Å². The van der Waals surface area contributed by atoms with Gasteiger partial charge in [0.2, 0.25) is 0 Å². The number of fused-ring (bicyclic) bond motifs is 1. The van der Waals surface area contributed by atoms with Crippen molar-refractivity contribution in [2.24, 2.45) is 0 Å². The molecule has 6 heteroatoms. The van der Waals surface area contributed by atoms with Gasteiger partial charge < -0.3 is 5.32 Å². The quantitative estimate of drug-likeness (QED) is 0.628. The summed E-state index contributed by atoms with van der Waals surface area (Å²) in [5.74, 6) is 0.979. The van der Waals surface area contributed by atoms with Crippen molar-refractivity contribution in [1.29, 1.82) is 0 Å². The highest BCUT2D eigenvalue weighted by molar-refractivity contribution is 8.03. The van der Waals surface area contributed by atoms with Crippen molar-refractivity contribution < 1.29 is 4.92 Å². The zero-order valence-corrected chi connectivity index (χ0v) is 10.4. The molecule has 0 amide bonds. The minimum absolute atomic E-state index is 0.218. The van der Waals surface area contributed by atoms with Crippen LogP contribution in [0.25, 0.3) is 10.8 Å². The number of rotatable bonds is 1. The predicted octanol–water partition coefficient (Wildman–Crippen LogP) is 1.86. The summed E-state index contributed by atoms with van der Waals surface area (Å²) in [5.41, 5.74) is 0.218. The highest BCUT2D eigenvalue weighted by Crippen LogP contribution is 2.17. The molecule has 1 heterocycles. The Morgan fingerprint density at radius 1 is 1.33 bits per heavy atom. The molecule has 0 saturated carbocycles. The van der Waals surface area contributed by atoms with Crippen LogP contribution in [0.1, 0.15) is 6.42 Å². The van der Waals surface area contributed by atoms with E-state index in [9.17, 15) is 14.9 Å². The van der Waals surface area contributed by atoms with Gasteiger partial charge in [-0.25, -0.2) is 0 Å². The van der Waals surface area contributed by atoms with Crippen molar-refractivity contribution in [3.05, 3.63) is 55.8 Å². The Labute approximate surface area is 108 Å². The van der Waals surface area contributed by atoms with Gasteiger partial charge in [-0.1, -0.05) is 24.3 Å². The molecule has 0 bridgehead atoms. The summed E-state index contributed by atoms with van der Waals surface area (Å²) in [7, 11) is 0. The molecule has 1 aliphatic heterocycles. The van der Waals surface area contributed by atoms with Crippen LogP contribution in [0.2, 0.25) is 0 Å². The predicted molar refractivity (Wildman–Crippen MR) is 72.7 cm³/mol. The maximum Gasteiger partial charge on any atom is 0.263 e. The average Bonchev–Trinajstić information content (AvgIpc) is 3.03. The van der Waals surface area contributed by atoms with Crippen LogP contribution in [0.4, 0.5) is 0 Å². The van der Waals surface area contributed by atoms with Gasteiger partial charge in [0.15, 0.2) is 5.43 Å². The first-order valence-electron chi connectivity index (χ1n) is 5.54. The molecule has 1 aliphatic rings. The van der Waals surface area contributed by atoms with Crippen LogP contribution < -0.4 is 10.7 Å². The summed E-state index contributed by atoms with van der Waals surface area (Å²) >= 11 is 1.50. The van der Waals surface area contributed by atoms with Crippen LogP contribution in [0.5, 0.6) is 0 Å². The summed E-state index contributed by atoms with van der Waals surface area (Å²) in [5, 5.41) is 15.3. The monoisotopic (exact) mass is 264 g/mol. The first-order valence-corrected chi connectivity index (χ1v) is 6.53. The third-order valence-electron chi connectivity index (χ3n) is 2.45. The van der Waals surface area contributed by atoms with Gasteiger partial charge in [-0.2, -0.15) is 0 Å². The minimum atomic E-state index is -0.430. The molecule has 5 nitrogen and oxygen atoms in total. The number of thioether (sulfide) groups is 1. The number of nitro groups is 1. The zero-order valence-electron chi connectivity index (χ0n) is 9.59. The molecule has 1 fully saturated rings. The number of nitrogens with one attached hydrogen (secondary N) is 1. The van der Waals surface area contributed by atoms with Crippen molar-refractivity contribution >= 4 is 22.5 Å². The van der Waals surface area contributed by atoms with Crippen LogP contribution >= 0.6 is 11.8 Å². The van der Waals surface area contributed by atoms with E-state index in [1.165, 1.54) is 11.8 Å². The van der Waals surface area contributed by atoms with E-state index >= 15 is 0 Å². The lowest BCUT2D eigenvalue weighted by molar-refractivity contribution is -0.403. The summed E-state index contributed by atoms with van der Waals surface area (Å²) in [6.07, 6.45) is 2.10. The van der Waals surface area contributed by atoms with Crippen LogP contribution in [-0.4, -0.2) is 17.2 Å². The fourth-order valence-electron chi connectivity index (χ4n) is 1.53. The third-order valence-corrected chi connectivity index (χ3v) is 3.51. The molecule has 0 unspecified atom stereocenters. The number of nitrogens with zero attached hydrogens (tertiary/aromatic N) is 1. The second kappa shape index (κ2) is 5.68. The SMILES string of the molecule is O=[N+]([O-])C=C1NCCCS1.O=c1c2ccccc12. The Morgan fingerprint density at radius 2 is 2.00 bits per heavy atom. The number of hydrogen-bond donors (Lipinski definition) is 1. The third kappa shape index (κ3) is 3.33. The van der Waals surface area contributed by atoms with Gasteiger partial charge in [0.05, 0.1) is 4.92 Å². The van der Waals surface area contributed by atoms with Gasteiger partial charge in [0.25, 0.3) is 6.20 Å². The van der Waals surface area contributed by atoms with E-state index in [1.54, 1.807) is 0 Å². The van der Waals surface area contributed by atoms with Crippen LogP contribution in [0, 0.1) is 10.1 Å². The first-order chi connectivity index (χ1) is 8.68. The lowest BCUT2D eigenvalue weighted by atomic mass is 10.4. The standard InChI is InChI=1S/C7H4O.C5H8N2O2S/c8-7-5-3-1-2-4-6(5)7;8-7(9)4-5-6-2-1-3-10-5/h1-4H;4,6H,1-3H2. The van der Waals surface area contributed by atoms with Crippen LogP contribution in [0.15, 0.2) is 40.3 Å². The van der Waals surface area contributed by atoms with E-state index in [-0.39, 0.29) is 5.43 Å². The minimum Gasteiger partial charge on any atom is -0.375 e. The molecule has 0 aromatic heterocycles. The van der Waals surface area contributed by atoms with E-state index in [1.807, 2.05) is 24.3 Å². The average molecular weight is 264 g/mol. The molecule has 3 rings (SSSR count). The van der Waals surface area contributed by atoms with Crippen LogP contribution in [0.3, 0.4) is 0 Å². The van der Waals surface area contributed by atoms with E-state index in [0.717, 1.165) is 35.7 Å². The molecule has 0 spiro atoms. The molecular weight excluding hydrogens is 252 g/mol. The van der Waals surface area contributed by atoms with Gasteiger partial charge in [-0.3, -0.25) is 14.9 Å². The van der Waals surface area contributed by atoms with E-state index in [0.29, 0.717) is 5.03 Å². The molecule has 0 atom stereocenters. The van der Waals surface area contributed by atoms with Crippen molar-refractivity contribution in [1.82, 2.24) is 5.32 Å². The van der Waals surface area contributed by atoms with E-state index in [4.69, 9.17) is 0 Å². The topological polar surface area (TPSA) is 72.2 Å².